The third-order valence-electron chi connectivity index (χ3n) is 5.07. The molecule has 0 rings (SSSR count). The summed E-state index contributed by atoms with van der Waals surface area (Å²) < 4.78 is 0. The molecule has 0 aliphatic rings. The fraction of sp³-hybridized carbons (Fsp3) is 0.913. The molecular weight excluding hydrogens is 358 g/mol. The zero-order valence-corrected chi connectivity index (χ0v) is 18.9. The van der Waals surface area contributed by atoms with Crippen LogP contribution >= 0.6 is 12.4 Å². The Labute approximate surface area is 176 Å². The minimum absolute atomic E-state index is 0. The lowest BCUT2D eigenvalue weighted by Gasteiger charge is -2.19. The predicted molar refractivity (Wildman–Crippen MR) is 122 cm³/mol. The molecule has 0 bridgehead atoms. The first-order chi connectivity index (χ1) is 12.8. The van der Waals surface area contributed by atoms with Crippen LogP contribution in [-0.2, 0) is 0 Å². The van der Waals surface area contributed by atoms with Gasteiger partial charge in [0.05, 0.1) is 13.2 Å². The van der Waals surface area contributed by atoms with Gasteiger partial charge in [0, 0.05) is 13.1 Å². The van der Waals surface area contributed by atoms with Crippen molar-refractivity contribution in [2.75, 3.05) is 32.8 Å². The van der Waals surface area contributed by atoms with Gasteiger partial charge in [-0.1, -0.05) is 83.3 Å². The molecule has 0 atom stereocenters. The lowest BCUT2D eigenvalue weighted by Crippen LogP contribution is -2.30. The normalized spacial score (nSPS) is 11.4. The zero-order valence-electron chi connectivity index (χ0n) is 18.0. The second-order valence-corrected chi connectivity index (χ2v) is 7.58. The summed E-state index contributed by atoms with van der Waals surface area (Å²) in [6.07, 6.45) is 24.9. The molecule has 0 aliphatic carbocycles. The van der Waals surface area contributed by atoms with Crippen molar-refractivity contribution in [1.29, 1.82) is 0 Å². The van der Waals surface area contributed by atoms with E-state index < -0.39 is 0 Å². The number of allylic oxidation sites excluding steroid dienone is 2. The van der Waals surface area contributed by atoms with Crippen molar-refractivity contribution < 1.29 is 10.2 Å². The SMILES string of the molecule is CCCCCCCCC=CCCCCCCCCCN(CCO)CCO.Cl. The number of aliphatic hydroxyl groups excluding tert-OH is 2. The molecule has 0 heterocycles. The fourth-order valence-electron chi connectivity index (χ4n) is 3.38. The lowest BCUT2D eigenvalue weighted by atomic mass is 10.1. The van der Waals surface area contributed by atoms with Gasteiger partial charge in [0.2, 0.25) is 0 Å². The van der Waals surface area contributed by atoms with Crippen molar-refractivity contribution in [3.8, 4) is 0 Å². The summed E-state index contributed by atoms with van der Waals surface area (Å²) in [4.78, 5) is 2.15. The van der Waals surface area contributed by atoms with Gasteiger partial charge >= 0.3 is 0 Å². The minimum atomic E-state index is 0. The van der Waals surface area contributed by atoms with Gasteiger partial charge in [-0.2, -0.15) is 0 Å². The standard InChI is InChI=1S/C23H47NO2.ClH/c1-2-3-4-5-6-7-8-9-10-11-12-13-14-15-16-17-18-19-24(20-22-25)21-23-26;/h9-10,25-26H,2-8,11-23H2,1H3;1H. The molecule has 2 N–H and O–H groups in total. The van der Waals surface area contributed by atoms with E-state index in [1.807, 2.05) is 0 Å². The maximum absolute atomic E-state index is 8.98. The maximum Gasteiger partial charge on any atom is 0.0558 e. The molecular formula is C23H48ClNO2. The predicted octanol–water partition coefficient (Wildman–Crippen LogP) is 6.12. The van der Waals surface area contributed by atoms with Crippen LogP contribution in [0.5, 0.6) is 0 Å². The summed E-state index contributed by atoms with van der Waals surface area (Å²) in [6.45, 7) is 5.03. The molecule has 0 aromatic rings. The van der Waals surface area contributed by atoms with Crippen LogP contribution in [0.1, 0.15) is 103 Å². The summed E-state index contributed by atoms with van der Waals surface area (Å²) in [5, 5.41) is 18.0. The smallest absolute Gasteiger partial charge is 0.0558 e. The maximum atomic E-state index is 8.98. The van der Waals surface area contributed by atoms with Gasteiger partial charge in [-0.25, -0.2) is 0 Å². The van der Waals surface area contributed by atoms with E-state index in [-0.39, 0.29) is 25.6 Å². The third-order valence-corrected chi connectivity index (χ3v) is 5.07. The molecule has 0 aliphatic heterocycles. The van der Waals surface area contributed by atoms with Crippen molar-refractivity contribution in [2.24, 2.45) is 0 Å². The number of hydrogen-bond acceptors (Lipinski definition) is 3. The number of halogens is 1. The highest BCUT2D eigenvalue weighted by Gasteiger charge is 2.02. The summed E-state index contributed by atoms with van der Waals surface area (Å²) in [6, 6.07) is 0. The average Bonchev–Trinajstić information content (AvgIpc) is 2.64. The summed E-state index contributed by atoms with van der Waals surface area (Å²) in [5.74, 6) is 0. The molecule has 3 nitrogen and oxygen atoms in total. The van der Waals surface area contributed by atoms with Gasteiger partial charge < -0.3 is 10.2 Å². The first kappa shape index (κ1) is 29.1. The van der Waals surface area contributed by atoms with E-state index >= 15 is 0 Å². The van der Waals surface area contributed by atoms with Crippen molar-refractivity contribution in [3.05, 3.63) is 12.2 Å². The number of aliphatic hydroxyl groups is 2. The van der Waals surface area contributed by atoms with E-state index in [1.54, 1.807) is 0 Å². The quantitative estimate of drug-likeness (QED) is 0.178. The molecule has 27 heavy (non-hydrogen) atoms. The molecule has 0 amide bonds. The van der Waals surface area contributed by atoms with E-state index in [9.17, 15) is 0 Å². The van der Waals surface area contributed by atoms with Crippen LogP contribution in [0.15, 0.2) is 12.2 Å². The molecule has 4 heteroatoms. The molecule has 0 saturated carbocycles. The zero-order chi connectivity index (χ0) is 19.1. The first-order valence-electron chi connectivity index (χ1n) is 11.4. The topological polar surface area (TPSA) is 43.7 Å². The van der Waals surface area contributed by atoms with Crippen LogP contribution in [-0.4, -0.2) is 48.0 Å². The third kappa shape index (κ3) is 23.9. The van der Waals surface area contributed by atoms with Crippen LogP contribution in [0.25, 0.3) is 0 Å². The van der Waals surface area contributed by atoms with Gasteiger partial charge in [0.1, 0.15) is 0 Å². The Morgan fingerprint density at radius 1 is 0.556 bits per heavy atom. The Bertz CT molecular complexity index is 282. The highest BCUT2D eigenvalue weighted by molar-refractivity contribution is 5.85. The van der Waals surface area contributed by atoms with Crippen LogP contribution in [0.3, 0.4) is 0 Å². The number of hydrogen-bond donors (Lipinski definition) is 2. The van der Waals surface area contributed by atoms with E-state index in [0.29, 0.717) is 13.1 Å². The van der Waals surface area contributed by atoms with Gasteiger partial charge in [0.25, 0.3) is 0 Å². The number of rotatable bonds is 21. The van der Waals surface area contributed by atoms with Gasteiger partial charge in [-0.15, -0.1) is 12.4 Å². The minimum Gasteiger partial charge on any atom is -0.395 e. The molecule has 0 spiro atoms. The lowest BCUT2D eigenvalue weighted by molar-refractivity contribution is 0.159. The Morgan fingerprint density at radius 3 is 1.41 bits per heavy atom. The summed E-state index contributed by atoms with van der Waals surface area (Å²) >= 11 is 0. The molecule has 0 fully saturated rings. The largest absolute Gasteiger partial charge is 0.395 e. The van der Waals surface area contributed by atoms with Gasteiger partial charge in [0.15, 0.2) is 0 Å². The molecule has 0 aromatic heterocycles. The van der Waals surface area contributed by atoms with Crippen LogP contribution in [0, 0.1) is 0 Å². The van der Waals surface area contributed by atoms with E-state index in [4.69, 9.17) is 10.2 Å². The number of nitrogens with zero attached hydrogens (tertiary/aromatic N) is 1. The first-order valence-corrected chi connectivity index (χ1v) is 11.4. The van der Waals surface area contributed by atoms with Crippen molar-refractivity contribution >= 4 is 12.4 Å². The monoisotopic (exact) mass is 405 g/mol. The van der Waals surface area contributed by atoms with E-state index in [2.05, 4.69) is 24.0 Å². The highest BCUT2D eigenvalue weighted by Crippen LogP contribution is 2.10. The van der Waals surface area contributed by atoms with Crippen molar-refractivity contribution in [3.63, 3.8) is 0 Å². The van der Waals surface area contributed by atoms with Gasteiger partial charge in [-0.05, 0) is 38.6 Å². The molecule has 164 valence electrons. The van der Waals surface area contributed by atoms with Crippen molar-refractivity contribution in [1.82, 2.24) is 4.90 Å². The average molecular weight is 406 g/mol. The molecule has 0 aromatic carbocycles. The van der Waals surface area contributed by atoms with Crippen LogP contribution in [0.4, 0.5) is 0 Å². The molecule has 0 saturated heterocycles. The Morgan fingerprint density at radius 2 is 0.963 bits per heavy atom. The Balaban J connectivity index is 0. The highest BCUT2D eigenvalue weighted by atomic mass is 35.5. The second-order valence-electron chi connectivity index (χ2n) is 7.58. The summed E-state index contributed by atoms with van der Waals surface area (Å²) in [7, 11) is 0. The molecule has 0 radical (unpaired) electrons. The second kappa shape index (κ2) is 25.9. The van der Waals surface area contributed by atoms with E-state index in [1.165, 1.54) is 96.3 Å². The van der Waals surface area contributed by atoms with Crippen LogP contribution in [0.2, 0.25) is 0 Å². The Kier molecular flexibility index (Phi) is 27.9. The molecule has 0 unspecified atom stereocenters. The van der Waals surface area contributed by atoms with Crippen LogP contribution < -0.4 is 0 Å². The van der Waals surface area contributed by atoms with Gasteiger partial charge in [-0.3, -0.25) is 4.90 Å². The summed E-state index contributed by atoms with van der Waals surface area (Å²) in [5.41, 5.74) is 0. The van der Waals surface area contributed by atoms with E-state index in [0.717, 1.165) is 6.54 Å². The Hall–Kier alpha value is -0.0900. The number of unbranched alkanes of at least 4 members (excludes halogenated alkanes) is 13. The van der Waals surface area contributed by atoms with Crippen molar-refractivity contribution in [2.45, 2.75) is 103 Å². The fourth-order valence-corrected chi connectivity index (χ4v) is 3.38.